The molecule has 0 saturated heterocycles. The Labute approximate surface area is 146 Å². The van der Waals surface area contributed by atoms with Gasteiger partial charge in [0, 0.05) is 0 Å². The molecule has 0 bridgehead atoms. The fourth-order valence-corrected chi connectivity index (χ4v) is 2.76. The van der Waals surface area contributed by atoms with Gasteiger partial charge in [0.1, 0.15) is 12.2 Å². The Morgan fingerprint density at radius 3 is 1.08 bits per heavy atom. The minimum atomic E-state index is -3.86. The molecule has 0 aromatic carbocycles. The van der Waals surface area contributed by atoms with Gasteiger partial charge < -0.3 is 9.47 Å². The van der Waals surface area contributed by atoms with Crippen LogP contribution in [0.4, 0.5) is 0 Å². The van der Waals surface area contributed by atoms with Gasteiger partial charge in [-0.3, -0.25) is 8.37 Å². The summed E-state index contributed by atoms with van der Waals surface area (Å²) in [7, 11) is -7.71. The SMILES string of the molecule is CC(C)(C)OC[C@H](OS(C)(=O)=O)[C@H](COC(C)(C)C)OS(C)(=O)=O. The zero-order chi connectivity index (χ0) is 19.4. The van der Waals surface area contributed by atoms with Gasteiger partial charge in [0.05, 0.1) is 36.9 Å². The average molecular weight is 391 g/mol. The summed E-state index contributed by atoms with van der Waals surface area (Å²) in [4.78, 5) is 0. The molecular weight excluding hydrogens is 360 g/mol. The van der Waals surface area contributed by atoms with Crippen molar-refractivity contribution in [3.05, 3.63) is 0 Å². The number of rotatable bonds is 9. The van der Waals surface area contributed by atoms with Crippen LogP contribution in [0.15, 0.2) is 0 Å². The van der Waals surface area contributed by atoms with E-state index in [1.165, 1.54) is 0 Å². The molecule has 8 nitrogen and oxygen atoms in total. The Bertz CT molecular complexity index is 527. The Hall–Kier alpha value is -0.260. The Kier molecular flexibility index (Phi) is 8.32. The summed E-state index contributed by atoms with van der Waals surface area (Å²) in [6.45, 7) is 10.3. The van der Waals surface area contributed by atoms with Crippen molar-refractivity contribution >= 4 is 20.2 Å². The molecule has 2 atom stereocenters. The molecule has 0 aliphatic heterocycles. The van der Waals surface area contributed by atoms with Gasteiger partial charge >= 0.3 is 0 Å². The normalized spacial score (nSPS) is 16.8. The highest BCUT2D eigenvalue weighted by Gasteiger charge is 2.33. The van der Waals surface area contributed by atoms with Crippen molar-refractivity contribution in [2.24, 2.45) is 0 Å². The van der Waals surface area contributed by atoms with E-state index in [-0.39, 0.29) is 13.2 Å². The molecule has 146 valence electrons. The maximum atomic E-state index is 11.5. The number of hydrogen-bond acceptors (Lipinski definition) is 8. The largest absolute Gasteiger partial charge is 0.373 e. The van der Waals surface area contributed by atoms with Crippen LogP contribution in [0.1, 0.15) is 41.5 Å². The van der Waals surface area contributed by atoms with E-state index in [9.17, 15) is 16.8 Å². The molecule has 0 spiro atoms. The van der Waals surface area contributed by atoms with Crippen LogP contribution in [0, 0.1) is 0 Å². The highest BCUT2D eigenvalue weighted by atomic mass is 32.2. The van der Waals surface area contributed by atoms with Crippen molar-refractivity contribution in [3.8, 4) is 0 Å². The molecule has 0 fully saturated rings. The predicted molar refractivity (Wildman–Crippen MR) is 90.8 cm³/mol. The smallest absolute Gasteiger partial charge is 0.264 e. The summed E-state index contributed by atoms with van der Waals surface area (Å²) < 4.78 is 67.1. The zero-order valence-electron chi connectivity index (χ0n) is 15.7. The van der Waals surface area contributed by atoms with E-state index in [0.717, 1.165) is 12.5 Å². The van der Waals surface area contributed by atoms with Crippen LogP contribution in [0.3, 0.4) is 0 Å². The molecule has 0 aliphatic carbocycles. The molecule has 0 heterocycles. The second-order valence-corrected chi connectivity index (χ2v) is 10.7. The summed E-state index contributed by atoms with van der Waals surface area (Å²) in [5.41, 5.74) is -1.14. The van der Waals surface area contributed by atoms with E-state index in [1.54, 1.807) is 41.5 Å². The van der Waals surface area contributed by atoms with Crippen LogP contribution in [-0.2, 0) is 38.1 Å². The van der Waals surface area contributed by atoms with Crippen molar-refractivity contribution in [1.29, 1.82) is 0 Å². The van der Waals surface area contributed by atoms with Crippen LogP contribution >= 0.6 is 0 Å². The third-order valence-electron chi connectivity index (χ3n) is 2.37. The average Bonchev–Trinajstić information content (AvgIpc) is 2.25. The maximum absolute atomic E-state index is 11.5. The van der Waals surface area contributed by atoms with Gasteiger partial charge in [-0.2, -0.15) is 16.8 Å². The van der Waals surface area contributed by atoms with E-state index in [4.69, 9.17) is 17.8 Å². The molecule has 10 heteroatoms. The van der Waals surface area contributed by atoms with Gasteiger partial charge in [0.2, 0.25) is 0 Å². The van der Waals surface area contributed by atoms with E-state index in [2.05, 4.69) is 0 Å². The van der Waals surface area contributed by atoms with Crippen molar-refractivity contribution in [3.63, 3.8) is 0 Å². The predicted octanol–water partition coefficient (Wildman–Crippen LogP) is 1.31. The van der Waals surface area contributed by atoms with E-state index < -0.39 is 43.6 Å². The zero-order valence-corrected chi connectivity index (χ0v) is 17.3. The van der Waals surface area contributed by atoms with Gasteiger partial charge in [-0.1, -0.05) is 0 Å². The van der Waals surface area contributed by atoms with Gasteiger partial charge in [0.25, 0.3) is 20.2 Å². The topological polar surface area (TPSA) is 105 Å². The molecule has 0 rings (SSSR count). The van der Waals surface area contributed by atoms with E-state index in [0.29, 0.717) is 0 Å². The fraction of sp³-hybridized carbons (Fsp3) is 1.00. The van der Waals surface area contributed by atoms with Gasteiger partial charge in [-0.15, -0.1) is 0 Å². The van der Waals surface area contributed by atoms with Gasteiger partial charge in [-0.05, 0) is 41.5 Å². The lowest BCUT2D eigenvalue weighted by atomic mass is 10.1. The minimum absolute atomic E-state index is 0.176. The first-order valence-electron chi connectivity index (χ1n) is 7.42. The van der Waals surface area contributed by atoms with Crippen LogP contribution in [0.2, 0.25) is 0 Å². The van der Waals surface area contributed by atoms with Crippen LogP contribution in [-0.4, -0.2) is 66.0 Å². The lowest BCUT2D eigenvalue weighted by molar-refractivity contribution is -0.102. The minimum Gasteiger partial charge on any atom is -0.373 e. The number of ether oxygens (including phenoxy) is 2. The molecule has 0 saturated carbocycles. The van der Waals surface area contributed by atoms with E-state index in [1.807, 2.05) is 0 Å². The quantitative estimate of drug-likeness (QED) is 0.543. The van der Waals surface area contributed by atoms with Crippen molar-refractivity contribution in [2.75, 3.05) is 25.7 Å². The van der Waals surface area contributed by atoms with Crippen molar-refractivity contribution in [1.82, 2.24) is 0 Å². The molecular formula is C14H30O8S2. The second-order valence-electron chi connectivity index (χ2n) is 7.52. The lowest BCUT2D eigenvalue weighted by Crippen LogP contribution is -2.44. The molecule has 0 amide bonds. The first kappa shape index (κ1) is 23.7. The molecule has 24 heavy (non-hydrogen) atoms. The highest BCUT2D eigenvalue weighted by molar-refractivity contribution is 7.86. The first-order chi connectivity index (χ1) is 10.4. The van der Waals surface area contributed by atoms with Crippen LogP contribution in [0.25, 0.3) is 0 Å². The van der Waals surface area contributed by atoms with Crippen LogP contribution < -0.4 is 0 Å². The van der Waals surface area contributed by atoms with Crippen molar-refractivity contribution in [2.45, 2.75) is 65.0 Å². The van der Waals surface area contributed by atoms with Crippen molar-refractivity contribution < 1.29 is 34.7 Å². The monoisotopic (exact) mass is 390 g/mol. The highest BCUT2D eigenvalue weighted by Crippen LogP contribution is 2.18. The summed E-state index contributed by atoms with van der Waals surface area (Å²) in [6.07, 6.45) is -0.592. The lowest BCUT2D eigenvalue weighted by Gasteiger charge is -2.30. The number of hydrogen-bond donors (Lipinski definition) is 0. The summed E-state index contributed by atoms with van der Waals surface area (Å²) >= 11 is 0. The maximum Gasteiger partial charge on any atom is 0.264 e. The first-order valence-corrected chi connectivity index (χ1v) is 11.1. The molecule has 0 aromatic heterocycles. The third-order valence-corrected chi connectivity index (χ3v) is 3.57. The second kappa shape index (κ2) is 8.41. The van der Waals surface area contributed by atoms with Gasteiger partial charge in [0.15, 0.2) is 0 Å². The molecule has 0 unspecified atom stereocenters. The summed E-state index contributed by atoms with van der Waals surface area (Å²) in [5, 5.41) is 0. The van der Waals surface area contributed by atoms with Crippen LogP contribution in [0.5, 0.6) is 0 Å². The summed E-state index contributed by atoms with van der Waals surface area (Å²) in [5.74, 6) is 0. The molecule has 0 aliphatic rings. The fourth-order valence-electron chi connectivity index (χ4n) is 1.51. The summed E-state index contributed by atoms with van der Waals surface area (Å²) in [6, 6.07) is 0. The third kappa shape index (κ3) is 14.1. The molecule has 0 N–H and O–H groups in total. The Morgan fingerprint density at radius 2 is 0.917 bits per heavy atom. The van der Waals surface area contributed by atoms with E-state index >= 15 is 0 Å². The Balaban J connectivity index is 5.42. The molecule has 0 radical (unpaired) electrons. The molecule has 0 aromatic rings. The Morgan fingerprint density at radius 1 is 0.667 bits per heavy atom. The van der Waals surface area contributed by atoms with Gasteiger partial charge in [-0.25, -0.2) is 0 Å². The standard InChI is InChI=1S/C14H30O8S2/c1-13(2,3)19-9-11(21-23(7,15)16)12(22-24(8,17)18)10-20-14(4,5)6/h11-12H,9-10H2,1-8H3/t11-,12-/m0/s1.